The van der Waals surface area contributed by atoms with Gasteiger partial charge in [0.05, 0.1) is 5.56 Å². The molecule has 1 atom stereocenters. The Morgan fingerprint density at radius 1 is 1.03 bits per heavy atom. The maximum Gasteiger partial charge on any atom is 0.416 e. The summed E-state index contributed by atoms with van der Waals surface area (Å²) >= 11 is 0. The number of rotatable bonds is 7. The van der Waals surface area contributed by atoms with Crippen molar-refractivity contribution in [1.82, 2.24) is 10.3 Å². The van der Waals surface area contributed by atoms with Crippen molar-refractivity contribution in [2.24, 2.45) is 5.92 Å². The lowest BCUT2D eigenvalue weighted by Crippen LogP contribution is -2.28. The highest BCUT2D eigenvalue weighted by atomic mass is 19.4. The summed E-state index contributed by atoms with van der Waals surface area (Å²) in [6.45, 7) is 1.46. The molecule has 37 heavy (non-hydrogen) atoms. The van der Waals surface area contributed by atoms with E-state index in [4.69, 9.17) is 4.74 Å². The fourth-order valence-corrected chi connectivity index (χ4v) is 4.39. The number of nitrogens with one attached hydrogen (secondary N) is 3. The number of carbonyl (C=O) groups is 2. The number of nitrogens with zero attached hydrogens (tertiary/aromatic N) is 1. The lowest BCUT2D eigenvalue weighted by atomic mass is 9.83. The Morgan fingerprint density at radius 3 is 2.54 bits per heavy atom. The molecule has 0 aliphatic heterocycles. The van der Waals surface area contributed by atoms with E-state index in [-0.39, 0.29) is 35.5 Å². The second kappa shape index (κ2) is 11.0. The average molecular weight is 513 g/mol. The highest BCUT2D eigenvalue weighted by Crippen LogP contribution is 2.35. The molecular weight excluding hydrogens is 485 g/mol. The number of halogens is 3. The number of aryl methyl sites for hydroxylation is 1. The van der Waals surface area contributed by atoms with Crippen LogP contribution in [0.1, 0.15) is 35.6 Å². The summed E-state index contributed by atoms with van der Waals surface area (Å²) in [4.78, 5) is 28.3. The van der Waals surface area contributed by atoms with Gasteiger partial charge < -0.3 is 20.7 Å². The first-order valence-electron chi connectivity index (χ1n) is 11.8. The fourth-order valence-electron chi connectivity index (χ4n) is 4.39. The average Bonchev–Trinajstić information content (AvgIpc) is 2.84. The van der Waals surface area contributed by atoms with E-state index in [0.717, 1.165) is 17.2 Å². The van der Waals surface area contributed by atoms with Gasteiger partial charge in [0.2, 0.25) is 11.8 Å². The SMILES string of the molecule is CNCc1ccc(NC(=O)C2CCc3ccc(Oc4ccnc(NC(C)=O)c4)cc3C2)cc1C(F)(F)F. The molecular formula is C27H27F3N4O3. The second-order valence-corrected chi connectivity index (χ2v) is 8.92. The van der Waals surface area contributed by atoms with Crippen molar-refractivity contribution in [3.8, 4) is 11.5 Å². The highest BCUT2D eigenvalue weighted by Gasteiger charge is 2.34. The maximum absolute atomic E-state index is 13.5. The van der Waals surface area contributed by atoms with Crippen LogP contribution in [-0.2, 0) is 35.2 Å². The molecule has 0 saturated carbocycles. The normalized spacial score (nSPS) is 15.0. The van der Waals surface area contributed by atoms with Crippen molar-refractivity contribution >= 4 is 23.3 Å². The van der Waals surface area contributed by atoms with E-state index >= 15 is 0 Å². The van der Waals surface area contributed by atoms with E-state index in [1.807, 2.05) is 18.2 Å². The zero-order valence-corrected chi connectivity index (χ0v) is 20.4. The molecule has 1 aliphatic rings. The van der Waals surface area contributed by atoms with Gasteiger partial charge in [0.15, 0.2) is 0 Å². The molecule has 3 N–H and O–H groups in total. The van der Waals surface area contributed by atoms with E-state index < -0.39 is 11.7 Å². The third-order valence-electron chi connectivity index (χ3n) is 6.10. The van der Waals surface area contributed by atoms with Crippen LogP contribution >= 0.6 is 0 Å². The Kier molecular flexibility index (Phi) is 7.77. The molecule has 4 rings (SSSR count). The van der Waals surface area contributed by atoms with Gasteiger partial charge in [0.1, 0.15) is 17.3 Å². The maximum atomic E-state index is 13.5. The summed E-state index contributed by atoms with van der Waals surface area (Å²) in [5.74, 6) is 0.473. The zero-order valence-electron chi connectivity index (χ0n) is 20.4. The number of aromatic nitrogens is 1. The van der Waals surface area contributed by atoms with Gasteiger partial charge in [-0.1, -0.05) is 12.1 Å². The first-order chi connectivity index (χ1) is 17.6. The van der Waals surface area contributed by atoms with Gasteiger partial charge >= 0.3 is 6.18 Å². The number of ether oxygens (including phenoxy) is 1. The van der Waals surface area contributed by atoms with Crippen LogP contribution in [0.4, 0.5) is 24.7 Å². The van der Waals surface area contributed by atoms with Crippen molar-refractivity contribution in [3.63, 3.8) is 0 Å². The lowest BCUT2D eigenvalue weighted by molar-refractivity contribution is -0.138. The molecule has 2 amide bonds. The molecule has 0 bridgehead atoms. The number of amides is 2. The minimum atomic E-state index is -4.52. The van der Waals surface area contributed by atoms with Crippen molar-refractivity contribution in [3.05, 3.63) is 77.0 Å². The lowest BCUT2D eigenvalue weighted by Gasteiger charge is -2.25. The van der Waals surface area contributed by atoms with Gasteiger partial charge in [-0.05, 0) is 73.3 Å². The third kappa shape index (κ3) is 6.65. The van der Waals surface area contributed by atoms with E-state index in [2.05, 4.69) is 20.9 Å². The predicted octanol–water partition coefficient (Wildman–Crippen LogP) is 5.31. The number of benzene rings is 2. The Labute approximate surface area is 212 Å². The monoisotopic (exact) mass is 512 g/mol. The number of hydrogen-bond acceptors (Lipinski definition) is 5. The highest BCUT2D eigenvalue weighted by molar-refractivity contribution is 5.93. The van der Waals surface area contributed by atoms with E-state index in [1.165, 1.54) is 25.3 Å². The van der Waals surface area contributed by atoms with E-state index in [9.17, 15) is 22.8 Å². The Bertz CT molecular complexity index is 1310. The van der Waals surface area contributed by atoms with Crippen LogP contribution in [0, 0.1) is 5.92 Å². The largest absolute Gasteiger partial charge is 0.457 e. The quantitative estimate of drug-likeness (QED) is 0.399. The second-order valence-electron chi connectivity index (χ2n) is 8.92. The summed E-state index contributed by atoms with van der Waals surface area (Å²) in [6.07, 6.45) is -1.30. The summed E-state index contributed by atoms with van der Waals surface area (Å²) < 4.78 is 46.5. The number of pyridine rings is 1. The van der Waals surface area contributed by atoms with Crippen LogP contribution < -0.4 is 20.7 Å². The van der Waals surface area contributed by atoms with Gasteiger partial charge in [0, 0.05) is 37.3 Å². The fraction of sp³-hybridized carbons (Fsp3) is 0.296. The van der Waals surface area contributed by atoms with Crippen LogP contribution in [0.15, 0.2) is 54.7 Å². The molecule has 194 valence electrons. The number of anilines is 2. The third-order valence-corrected chi connectivity index (χ3v) is 6.10. The van der Waals surface area contributed by atoms with Crippen molar-refractivity contribution in [2.75, 3.05) is 17.7 Å². The molecule has 1 aromatic heterocycles. The Balaban J connectivity index is 1.46. The molecule has 0 radical (unpaired) electrons. The summed E-state index contributed by atoms with van der Waals surface area (Å²) in [5, 5.41) is 8.00. The van der Waals surface area contributed by atoms with Gasteiger partial charge in [-0.2, -0.15) is 13.2 Å². The van der Waals surface area contributed by atoms with E-state index in [1.54, 1.807) is 19.2 Å². The van der Waals surface area contributed by atoms with Gasteiger partial charge in [-0.3, -0.25) is 9.59 Å². The molecule has 1 aliphatic carbocycles. The standard InChI is InChI=1S/C27H27F3N4O3/c1-16(35)33-25-14-23(9-10-32-25)37-22-8-6-17-3-4-18(11-20(17)12-22)26(36)34-21-7-5-19(15-31-2)24(13-21)27(28,29)30/h5-10,12-14,18,31H,3-4,11,15H2,1-2H3,(H,34,36)(H,32,33,35). The van der Waals surface area contributed by atoms with Crippen molar-refractivity contribution in [2.45, 2.75) is 38.9 Å². The van der Waals surface area contributed by atoms with Crippen LogP contribution in [0.3, 0.4) is 0 Å². The van der Waals surface area contributed by atoms with Crippen LogP contribution in [0.2, 0.25) is 0 Å². The van der Waals surface area contributed by atoms with Crippen molar-refractivity contribution in [1.29, 1.82) is 0 Å². The van der Waals surface area contributed by atoms with Crippen LogP contribution in [0.5, 0.6) is 11.5 Å². The minimum Gasteiger partial charge on any atom is -0.457 e. The topological polar surface area (TPSA) is 92.3 Å². The van der Waals surface area contributed by atoms with E-state index in [0.29, 0.717) is 36.6 Å². The molecule has 0 saturated heterocycles. The number of fused-ring (bicyclic) bond motifs is 1. The number of hydrogen-bond donors (Lipinski definition) is 3. The van der Waals surface area contributed by atoms with Crippen molar-refractivity contribution < 1.29 is 27.5 Å². The first kappa shape index (κ1) is 26.2. The number of carbonyl (C=O) groups excluding carboxylic acids is 2. The molecule has 0 fully saturated rings. The Hall–Kier alpha value is -3.92. The smallest absolute Gasteiger partial charge is 0.416 e. The van der Waals surface area contributed by atoms with Gasteiger partial charge in [-0.25, -0.2) is 4.98 Å². The summed E-state index contributed by atoms with van der Waals surface area (Å²) in [6, 6.07) is 12.8. The molecule has 1 heterocycles. The molecule has 0 spiro atoms. The van der Waals surface area contributed by atoms with Gasteiger partial charge in [0.25, 0.3) is 0 Å². The van der Waals surface area contributed by atoms with Crippen LogP contribution in [-0.4, -0.2) is 23.8 Å². The zero-order chi connectivity index (χ0) is 26.6. The van der Waals surface area contributed by atoms with Gasteiger partial charge in [-0.15, -0.1) is 0 Å². The minimum absolute atomic E-state index is 0.0704. The Morgan fingerprint density at radius 2 is 1.81 bits per heavy atom. The molecule has 7 nitrogen and oxygen atoms in total. The van der Waals surface area contributed by atoms with Crippen LogP contribution in [0.25, 0.3) is 0 Å². The summed E-state index contributed by atoms with van der Waals surface area (Å²) in [7, 11) is 1.58. The number of alkyl halides is 3. The molecule has 1 unspecified atom stereocenters. The predicted molar refractivity (Wildman–Crippen MR) is 133 cm³/mol. The molecule has 10 heteroatoms. The molecule has 2 aromatic carbocycles. The first-order valence-corrected chi connectivity index (χ1v) is 11.8. The molecule has 3 aromatic rings. The summed E-state index contributed by atoms with van der Waals surface area (Å²) in [5.41, 5.74) is 1.51.